The zero-order valence-electron chi connectivity index (χ0n) is 11.2. The highest BCUT2D eigenvalue weighted by Gasteiger charge is 2.24. The third-order valence-electron chi connectivity index (χ3n) is 3.54. The van der Waals surface area contributed by atoms with Crippen LogP contribution < -0.4 is 5.32 Å². The Bertz CT molecular complexity index is 605. The van der Waals surface area contributed by atoms with Crippen molar-refractivity contribution in [3.8, 4) is 0 Å². The fourth-order valence-electron chi connectivity index (χ4n) is 2.60. The lowest BCUT2D eigenvalue weighted by Gasteiger charge is -2.17. The van der Waals surface area contributed by atoms with Gasteiger partial charge in [0.05, 0.1) is 11.7 Å². The van der Waals surface area contributed by atoms with Gasteiger partial charge in [0.1, 0.15) is 10.8 Å². The molecule has 2 nitrogen and oxygen atoms in total. The molecule has 106 valence electrons. The number of nitrogens with one attached hydrogen (secondary N) is 1. The van der Waals surface area contributed by atoms with Crippen LogP contribution in [0, 0.1) is 5.82 Å². The third-order valence-corrected chi connectivity index (χ3v) is 5.00. The summed E-state index contributed by atoms with van der Waals surface area (Å²) in [5.41, 5.74) is 1.81. The quantitative estimate of drug-likeness (QED) is 0.918. The fourth-order valence-corrected chi connectivity index (χ4v) is 4.01. The maximum atomic E-state index is 14.2. The summed E-state index contributed by atoms with van der Waals surface area (Å²) in [5.74, 6) is -0.279. The molecule has 1 unspecified atom stereocenters. The molecule has 0 radical (unpaired) electrons. The molecule has 1 aliphatic carbocycles. The van der Waals surface area contributed by atoms with Gasteiger partial charge in [-0.15, -0.1) is 11.3 Å². The van der Waals surface area contributed by atoms with Gasteiger partial charge in [-0.1, -0.05) is 24.6 Å². The first kappa shape index (κ1) is 14.0. The maximum Gasteiger partial charge on any atom is 0.129 e. The van der Waals surface area contributed by atoms with Crippen LogP contribution in [0.2, 0.25) is 5.02 Å². The number of rotatable bonds is 4. The van der Waals surface area contributed by atoms with E-state index in [0.717, 1.165) is 24.4 Å². The molecule has 0 saturated heterocycles. The molecule has 1 aromatic carbocycles. The molecule has 1 aliphatic rings. The zero-order valence-corrected chi connectivity index (χ0v) is 12.8. The van der Waals surface area contributed by atoms with Crippen LogP contribution in [-0.2, 0) is 12.8 Å². The van der Waals surface area contributed by atoms with Crippen LogP contribution >= 0.6 is 22.9 Å². The van der Waals surface area contributed by atoms with Crippen LogP contribution in [0.1, 0.15) is 40.5 Å². The number of hydrogen-bond acceptors (Lipinski definition) is 3. The normalized spacial score (nSPS) is 15.3. The lowest BCUT2D eigenvalue weighted by molar-refractivity contribution is 0.557. The van der Waals surface area contributed by atoms with Crippen molar-refractivity contribution in [1.29, 1.82) is 0 Å². The molecule has 0 saturated carbocycles. The first-order valence-electron chi connectivity index (χ1n) is 6.86. The van der Waals surface area contributed by atoms with Gasteiger partial charge >= 0.3 is 0 Å². The van der Waals surface area contributed by atoms with Crippen molar-refractivity contribution in [3.05, 3.63) is 50.2 Å². The SMILES string of the molecule is CCNC(c1nc2c(s1)CCC2)c1ccc(Cl)cc1F. The van der Waals surface area contributed by atoms with E-state index < -0.39 is 0 Å². The Kier molecular flexibility index (Phi) is 4.06. The average molecular weight is 311 g/mol. The van der Waals surface area contributed by atoms with Crippen LogP contribution in [-0.4, -0.2) is 11.5 Å². The van der Waals surface area contributed by atoms with E-state index in [1.165, 1.54) is 23.1 Å². The van der Waals surface area contributed by atoms with Gasteiger partial charge in [0.15, 0.2) is 0 Å². The third kappa shape index (κ3) is 2.60. The molecule has 1 atom stereocenters. The molecule has 3 rings (SSSR count). The van der Waals surface area contributed by atoms with E-state index in [9.17, 15) is 4.39 Å². The topological polar surface area (TPSA) is 24.9 Å². The van der Waals surface area contributed by atoms with Crippen LogP contribution in [0.5, 0.6) is 0 Å². The molecule has 5 heteroatoms. The first-order chi connectivity index (χ1) is 9.69. The van der Waals surface area contributed by atoms with Gasteiger partial charge in [-0.2, -0.15) is 0 Å². The smallest absolute Gasteiger partial charge is 0.129 e. The molecule has 0 bridgehead atoms. The number of hydrogen-bond donors (Lipinski definition) is 1. The van der Waals surface area contributed by atoms with Crippen LogP contribution in [0.15, 0.2) is 18.2 Å². The van der Waals surface area contributed by atoms with Crippen molar-refractivity contribution < 1.29 is 4.39 Å². The average Bonchev–Trinajstić information content (AvgIpc) is 2.97. The molecule has 0 aliphatic heterocycles. The van der Waals surface area contributed by atoms with Crippen LogP contribution in [0.3, 0.4) is 0 Å². The second-order valence-corrected chi connectivity index (χ2v) is 6.48. The molecule has 1 heterocycles. The van der Waals surface area contributed by atoms with Crippen molar-refractivity contribution >= 4 is 22.9 Å². The van der Waals surface area contributed by atoms with Crippen molar-refractivity contribution in [2.75, 3.05) is 6.54 Å². The standard InChI is InChI=1S/C15H16ClFN2S/c1-2-18-14(10-7-6-9(16)8-11(10)17)15-19-12-4-3-5-13(12)20-15/h6-8,14,18H,2-5H2,1H3. The molecule has 0 fully saturated rings. The minimum Gasteiger partial charge on any atom is -0.304 e. The summed E-state index contributed by atoms with van der Waals surface area (Å²) in [5, 5.41) is 4.70. The van der Waals surface area contributed by atoms with Gasteiger partial charge in [0, 0.05) is 15.5 Å². The second-order valence-electron chi connectivity index (χ2n) is 4.93. The molecule has 0 spiro atoms. The second kappa shape index (κ2) is 5.80. The van der Waals surface area contributed by atoms with Crippen molar-refractivity contribution in [2.45, 2.75) is 32.2 Å². The number of thiazole rings is 1. The number of aryl methyl sites for hydroxylation is 2. The fraction of sp³-hybridized carbons (Fsp3) is 0.400. The van der Waals surface area contributed by atoms with E-state index in [-0.39, 0.29) is 11.9 Å². The number of nitrogens with zero attached hydrogens (tertiary/aromatic N) is 1. The van der Waals surface area contributed by atoms with E-state index in [1.54, 1.807) is 23.5 Å². The molecular weight excluding hydrogens is 295 g/mol. The predicted octanol–water partition coefficient (Wildman–Crippen LogP) is 4.12. The Morgan fingerprint density at radius 3 is 3.00 bits per heavy atom. The van der Waals surface area contributed by atoms with Crippen molar-refractivity contribution in [1.82, 2.24) is 10.3 Å². The number of fused-ring (bicyclic) bond motifs is 1. The summed E-state index contributed by atoms with van der Waals surface area (Å²) in [7, 11) is 0. The monoisotopic (exact) mass is 310 g/mol. The van der Waals surface area contributed by atoms with E-state index in [0.29, 0.717) is 10.6 Å². The molecule has 2 aromatic rings. The van der Waals surface area contributed by atoms with Crippen molar-refractivity contribution in [3.63, 3.8) is 0 Å². The molecular formula is C15H16ClFN2S. The van der Waals surface area contributed by atoms with E-state index >= 15 is 0 Å². The lowest BCUT2D eigenvalue weighted by atomic mass is 10.1. The summed E-state index contributed by atoms with van der Waals surface area (Å²) in [6.07, 6.45) is 3.35. The highest BCUT2D eigenvalue weighted by atomic mass is 35.5. The highest BCUT2D eigenvalue weighted by Crippen LogP contribution is 2.34. The summed E-state index contributed by atoms with van der Waals surface area (Å²) in [4.78, 5) is 6.06. The Labute approximate surface area is 127 Å². The van der Waals surface area contributed by atoms with Gasteiger partial charge in [-0.05, 0) is 37.9 Å². The Hall–Kier alpha value is -0.970. The van der Waals surface area contributed by atoms with Crippen molar-refractivity contribution in [2.24, 2.45) is 0 Å². The maximum absolute atomic E-state index is 14.2. The summed E-state index contributed by atoms with van der Waals surface area (Å²) >= 11 is 7.54. The van der Waals surface area contributed by atoms with Crippen LogP contribution in [0.4, 0.5) is 4.39 Å². The van der Waals surface area contributed by atoms with Gasteiger partial charge in [-0.25, -0.2) is 9.37 Å². The Morgan fingerprint density at radius 1 is 1.45 bits per heavy atom. The van der Waals surface area contributed by atoms with Gasteiger partial charge < -0.3 is 5.32 Å². The Morgan fingerprint density at radius 2 is 2.30 bits per heavy atom. The number of aromatic nitrogens is 1. The van der Waals surface area contributed by atoms with Gasteiger partial charge in [0.2, 0.25) is 0 Å². The van der Waals surface area contributed by atoms with E-state index in [4.69, 9.17) is 16.6 Å². The van der Waals surface area contributed by atoms with Crippen LogP contribution in [0.25, 0.3) is 0 Å². The summed E-state index contributed by atoms with van der Waals surface area (Å²) < 4.78 is 14.2. The molecule has 20 heavy (non-hydrogen) atoms. The minimum absolute atomic E-state index is 0.187. The van der Waals surface area contributed by atoms with E-state index in [2.05, 4.69) is 5.32 Å². The highest BCUT2D eigenvalue weighted by molar-refractivity contribution is 7.11. The lowest BCUT2D eigenvalue weighted by Crippen LogP contribution is -2.23. The minimum atomic E-state index is -0.279. The molecule has 1 aromatic heterocycles. The van der Waals surface area contributed by atoms with Gasteiger partial charge in [-0.3, -0.25) is 0 Å². The van der Waals surface area contributed by atoms with Gasteiger partial charge in [0.25, 0.3) is 0 Å². The largest absolute Gasteiger partial charge is 0.304 e. The number of halogens is 2. The zero-order chi connectivity index (χ0) is 14.1. The molecule has 1 N–H and O–H groups in total. The first-order valence-corrected chi connectivity index (χ1v) is 8.05. The predicted molar refractivity (Wildman–Crippen MR) is 81.1 cm³/mol. The Balaban J connectivity index is 1.99. The summed E-state index contributed by atoms with van der Waals surface area (Å²) in [6, 6.07) is 4.65. The summed E-state index contributed by atoms with van der Waals surface area (Å²) in [6.45, 7) is 2.78. The molecule has 0 amide bonds. The van der Waals surface area contributed by atoms with E-state index in [1.807, 2.05) is 6.92 Å². The number of benzene rings is 1.